The number of rotatable bonds is 5. The fourth-order valence-corrected chi connectivity index (χ4v) is 2.20. The van der Waals surface area contributed by atoms with Gasteiger partial charge < -0.3 is 10.6 Å². The van der Waals surface area contributed by atoms with Crippen LogP contribution in [0, 0.1) is 0 Å². The van der Waals surface area contributed by atoms with Crippen molar-refractivity contribution >= 4 is 23.2 Å². The van der Waals surface area contributed by atoms with Crippen molar-refractivity contribution in [3.05, 3.63) is 58.9 Å². The second kappa shape index (κ2) is 7.09. The monoisotopic (exact) mass is 303 g/mol. The highest BCUT2D eigenvalue weighted by atomic mass is 35.5. The molecular weight excluding hydrogens is 286 g/mol. The summed E-state index contributed by atoms with van der Waals surface area (Å²) in [6, 6.07) is 10.9. The number of pyridine rings is 1. The molecule has 2 N–H and O–H groups in total. The van der Waals surface area contributed by atoms with E-state index < -0.39 is 0 Å². The Morgan fingerprint density at radius 2 is 2.14 bits per heavy atom. The first kappa shape index (κ1) is 15.3. The Bertz CT molecular complexity index is 630. The van der Waals surface area contributed by atoms with Crippen LogP contribution in [0.3, 0.4) is 0 Å². The average Bonchev–Trinajstić information content (AvgIpc) is 2.48. The number of aromatic nitrogens is 1. The first-order valence-electron chi connectivity index (χ1n) is 6.86. The molecule has 0 aliphatic carbocycles. The Morgan fingerprint density at radius 3 is 2.86 bits per heavy atom. The van der Waals surface area contributed by atoms with Crippen LogP contribution >= 0.6 is 11.6 Å². The maximum atomic E-state index is 12.2. The van der Waals surface area contributed by atoms with Crippen LogP contribution in [0.2, 0.25) is 5.02 Å². The molecule has 0 fully saturated rings. The van der Waals surface area contributed by atoms with E-state index in [-0.39, 0.29) is 11.9 Å². The van der Waals surface area contributed by atoms with Gasteiger partial charge in [0, 0.05) is 23.5 Å². The van der Waals surface area contributed by atoms with Crippen LogP contribution < -0.4 is 10.6 Å². The number of anilines is 1. The number of nitrogens with one attached hydrogen (secondary N) is 2. The maximum absolute atomic E-state index is 12.2. The van der Waals surface area contributed by atoms with Gasteiger partial charge in [-0.2, -0.15) is 0 Å². The Labute approximate surface area is 129 Å². The Balaban J connectivity index is 2.08. The van der Waals surface area contributed by atoms with E-state index in [1.807, 2.05) is 38.1 Å². The first-order chi connectivity index (χ1) is 10.1. The standard InChI is InChI=1S/C16H18ClN3O/c1-3-18-14-7-8-19-15(10-14)16(21)20-11(2)12-5-4-6-13(17)9-12/h4-11H,3H2,1-2H3,(H,18,19)(H,20,21). The molecule has 5 heteroatoms. The summed E-state index contributed by atoms with van der Waals surface area (Å²) >= 11 is 5.96. The molecule has 0 saturated heterocycles. The normalized spacial score (nSPS) is 11.8. The fraction of sp³-hybridized carbons (Fsp3) is 0.250. The first-order valence-corrected chi connectivity index (χ1v) is 7.24. The number of carbonyl (C=O) groups excluding carboxylic acids is 1. The zero-order valence-electron chi connectivity index (χ0n) is 12.1. The van der Waals surface area contributed by atoms with Crippen LogP contribution in [0.25, 0.3) is 0 Å². The molecule has 0 radical (unpaired) electrons. The minimum atomic E-state index is -0.206. The van der Waals surface area contributed by atoms with Gasteiger partial charge in [-0.3, -0.25) is 9.78 Å². The van der Waals surface area contributed by atoms with Crippen molar-refractivity contribution < 1.29 is 4.79 Å². The number of carbonyl (C=O) groups is 1. The van der Waals surface area contributed by atoms with Crippen LogP contribution in [-0.4, -0.2) is 17.4 Å². The molecular formula is C16H18ClN3O. The molecule has 1 amide bonds. The predicted molar refractivity (Wildman–Crippen MR) is 85.7 cm³/mol. The largest absolute Gasteiger partial charge is 0.385 e. The van der Waals surface area contributed by atoms with Crippen molar-refractivity contribution in [2.24, 2.45) is 0 Å². The SMILES string of the molecule is CCNc1ccnc(C(=O)NC(C)c2cccc(Cl)c2)c1. The van der Waals surface area contributed by atoms with Gasteiger partial charge in [-0.15, -0.1) is 0 Å². The molecule has 21 heavy (non-hydrogen) atoms. The number of benzene rings is 1. The van der Waals surface area contributed by atoms with Gasteiger partial charge in [0.1, 0.15) is 5.69 Å². The number of hydrogen-bond acceptors (Lipinski definition) is 3. The van der Waals surface area contributed by atoms with Crippen molar-refractivity contribution in [1.29, 1.82) is 0 Å². The summed E-state index contributed by atoms with van der Waals surface area (Å²) in [5.41, 5.74) is 2.23. The van der Waals surface area contributed by atoms with Crippen LogP contribution in [0.5, 0.6) is 0 Å². The molecule has 2 rings (SSSR count). The third-order valence-corrected chi connectivity index (χ3v) is 3.30. The summed E-state index contributed by atoms with van der Waals surface area (Å²) in [7, 11) is 0. The summed E-state index contributed by atoms with van der Waals surface area (Å²) in [5.74, 6) is -0.206. The predicted octanol–water partition coefficient (Wildman–Crippen LogP) is 3.66. The number of amides is 1. The molecule has 1 aromatic carbocycles. The number of halogens is 1. The van der Waals surface area contributed by atoms with Gasteiger partial charge >= 0.3 is 0 Å². The van der Waals surface area contributed by atoms with E-state index in [1.165, 1.54) is 0 Å². The molecule has 0 bridgehead atoms. The summed E-state index contributed by atoms with van der Waals surface area (Å²) < 4.78 is 0. The quantitative estimate of drug-likeness (QED) is 0.886. The van der Waals surface area contributed by atoms with Gasteiger partial charge in [-0.25, -0.2) is 0 Å². The highest BCUT2D eigenvalue weighted by Gasteiger charge is 2.13. The second-order valence-electron chi connectivity index (χ2n) is 4.71. The molecule has 1 atom stereocenters. The van der Waals surface area contributed by atoms with Gasteiger partial charge in [0.05, 0.1) is 6.04 Å². The molecule has 4 nitrogen and oxygen atoms in total. The van der Waals surface area contributed by atoms with E-state index in [0.717, 1.165) is 17.8 Å². The number of nitrogens with zero attached hydrogens (tertiary/aromatic N) is 1. The molecule has 0 aliphatic rings. The van der Waals surface area contributed by atoms with Gasteiger partial charge in [0.2, 0.25) is 0 Å². The Kier molecular flexibility index (Phi) is 5.17. The van der Waals surface area contributed by atoms with Crippen LogP contribution in [0.1, 0.15) is 35.9 Å². The molecule has 1 unspecified atom stereocenters. The summed E-state index contributed by atoms with van der Waals surface area (Å²) in [6.45, 7) is 4.71. The third-order valence-electron chi connectivity index (χ3n) is 3.07. The summed E-state index contributed by atoms with van der Waals surface area (Å²) in [5, 5.41) is 6.73. The highest BCUT2D eigenvalue weighted by Crippen LogP contribution is 2.18. The zero-order chi connectivity index (χ0) is 15.2. The van der Waals surface area contributed by atoms with Crippen molar-refractivity contribution in [3.8, 4) is 0 Å². The van der Waals surface area contributed by atoms with Crippen molar-refractivity contribution in [1.82, 2.24) is 10.3 Å². The Hall–Kier alpha value is -2.07. The molecule has 0 saturated carbocycles. The van der Waals surface area contributed by atoms with Crippen LogP contribution in [-0.2, 0) is 0 Å². The minimum Gasteiger partial charge on any atom is -0.385 e. The van der Waals surface area contributed by atoms with Gasteiger partial charge in [-0.1, -0.05) is 23.7 Å². The lowest BCUT2D eigenvalue weighted by Crippen LogP contribution is -2.27. The molecule has 0 aliphatic heterocycles. The van der Waals surface area contributed by atoms with E-state index >= 15 is 0 Å². The average molecular weight is 304 g/mol. The molecule has 1 aromatic heterocycles. The van der Waals surface area contributed by atoms with E-state index in [2.05, 4.69) is 15.6 Å². The van der Waals surface area contributed by atoms with Crippen LogP contribution in [0.4, 0.5) is 5.69 Å². The Morgan fingerprint density at radius 1 is 1.33 bits per heavy atom. The van der Waals surface area contributed by atoms with E-state index in [4.69, 9.17) is 11.6 Å². The topological polar surface area (TPSA) is 54.0 Å². The van der Waals surface area contributed by atoms with E-state index in [0.29, 0.717) is 10.7 Å². The van der Waals surface area contributed by atoms with Crippen molar-refractivity contribution in [2.75, 3.05) is 11.9 Å². The van der Waals surface area contributed by atoms with Crippen molar-refractivity contribution in [3.63, 3.8) is 0 Å². The molecule has 110 valence electrons. The van der Waals surface area contributed by atoms with Crippen molar-refractivity contribution in [2.45, 2.75) is 19.9 Å². The lowest BCUT2D eigenvalue weighted by Gasteiger charge is -2.14. The van der Waals surface area contributed by atoms with Crippen LogP contribution in [0.15, 0.2) is 42.6 Å². The maximum Gasteiger partial charge on any atom is 0.270 e. The summed E-state index contributed by atoms with van der Waals surface area (Å²) in [6.07, 6.45) is 1.62. The highest BCUT2D eigenvalue weighted by molar-refractivity contribution is 6.30. The summed E-state index contributed by atoms with van der Waals surface area (Å²) in [4.78, 5) is 16.3. The zero-order valence-corrected chi connectivity index (χ0v) is 12.8. The molecule has 0 spiro atoms. The lowest BCUT2D eigenvalue weighted by molar-refractivity contribution is 0.0935. The fourth-order valence-electron chi connectivity index (χ4n) is 2.00. The van der Waals surface area contributed by atoms with E-state index in [1.54, 1.807) is 18.3 Å². The molecule has 1 heterocycles. The lowest BCUT2D eigenvalue weighted by atomic mass is 10.1. The number of hydrogen-bond donors (Lipinski definition) is 2. The van der Waals surface area contributed by atoms with Gasteiger partial charge in [-0.05, 0) is 43.7 Å². The molecule has 2 aromatic rings. The smallest absolute Gasteiger partial charge is 0.270 e. The third kappa shape index (κ3) is 4.20. The minimum absolute atomic E-state index is 0.138. The van der Waals surface area contributed by atoms with E-state index in [9.17, 15) is 4.79 Å². The van der Waals surface area contributed by atoms with Gasteiger partial charge in [0.15, 0.2) is 0 Å². The second-order valence-corrected chi connectivity index (χ2v) is 5.15. The van der Waals surface area contributed by atoms with Gasteiger partial charge in [0.25, 0.3) is 5.91 Å².